The standard InChI is InChI=1S/C31H41BrN2O7S/c1-19(18-39-23-15-11-12-16-38-23)40-22(21-13-9-8-10-14-21)17-33-27-24(20(2)25(32)42-27)26(35)34(29(33)37)31(6,7)28(36)41-30(3,4)5/h8-10,13-14,19,22-23H,11-12,15-18H2,1-7H3/t19-,22-,23?/m0/s1. The molecule has 1 fully saturated rings. The van der Waals surface area contributed by atoms with E-state index in [9.17, 15) is 14.4 Å². The van der Waals surface area contributed by atoms with E-state index in [0.717, 1.165) is 33.2 Å². The van der Waals surface area contributed by atoms with Gasteiger partial charge in [0.2, 0.25) is 0 Å². The summed E-state index contributed by atoms with van der Waals surface area (Å²) in [6.07, 6.45) is 1.85. The Kier molecular flexibility index (Phi) is 10.2. The summed E-state index contributed by atoms with van der Waals surface area (Å²) in [4.78, 5) is 42.0. The third-order valence-electron chi connectivity index (χ3n) is 7.18. The van der Waals surface area contributed by atoms with Gasteiger partial charge in [-0.15, -0.1) is 11.3 Å². The van der Waals surface area contributed by atoms with E-state index in [1.807, 2.05) is 44.2 Å². The van der Waals surface area contributed by atoms with Crippen molar-refractivity contribution in [2.45, 2.75) is 104 Å². The maximum absolute atomic E-state index is 14.2. The molecule has 230 valence electrons. The van der Waals surface area contributed by atoms with Crippen LogP contribution in [-0.4, -0.2) is 46.3 Å². The number of esters is 1. The number of nitrogens with zero attached hydrogens (tertiary/aromatic N) is 2. The predicted octanol–water partition coefficient (Wildman–Crippen LogP) is 6.06. The van der Waals surface area contributed by atoms with Gasteiger partial charge in [0.1, 0.15) is 22.1 Å². The summed E-state index contributed by atoms with van der Waals surface area (Å²) >= 11 is 4.87. The average Bonchev–Trinajstić information content (AvgIpc) is 3.23. The van der Waals surface area contributed by atoms with Gasteiger partial charge in [0.25, 0.3) is 5.56 Å². The maximum atomic E-state index is 14.2. The fraction of sp³-hybridized carbons (Fsp3) is 0.581. The summed E-state index contributed by atoms with van der Waals surface area (Å²) in [6.45, 7) is 13.2. The molecule has 3 aromatic rings. The van der Waals surface area contributed by atoms with Crippen LogP contribution in [0.4, 0.5) is 0 Å². The number of ether oxygens (including phenoxy) is 4. The minimum atomic E-state index is -1.57. The van der Waals surface area contributed by atoms with Gasteiger partial charge < -0.3 is 18.9 Å². The molecule has 1 saturated heterocycles. The minimum absolute atomic E-state index is 0.112. The number of aromatic nitrogens is 2. The molecule has 3 atom stereocenters. The molecule has 1 unspecified atom stereocenters. The summed E-state index contributed by atoms with van der Waals surface area (Å²) in [6, 6.07) is 9.64. The summed E-state index contributed by atoms with van der Waals surface area (Å²) in [7, 11) is 0. The Bertz CT molecular complexity index is 1510. The highest BCUT2D eigenvalue weighted by molar-refractivity contribution is 9.11. The highest BCUT2D eigenvalue weighted by Gasteiger charge is 2.39. The second-order valence-corrected chi connectivity index (χ2v) is 14.6. The van der Waals surface area contributed by atoms with E-state index >= 15 is 0 Å². The molecular weight excluding hydrogens is 624 g/mol. The Morgan fingerprint density at radius 2 is 1.83 bits per heavy atom. The van der Waals surface area contributed by atoms with Gasteiger partial charge in [-0.1, -0.05) is 30.3 Å². The van der Waals surface area contributed by atoms with Crippen LogP contribution in [0.2, 0.25) is 0 Å². The number of carbonyl (C=O) groups is 1. The number of halogens is 1. The molecule has 0 aliphatic carbocycles. The number of benzene rings is 1. The third-order valence-corrected chi connectivity index (χ3v) is 9.37. The van der Waals surface area contributed by atoms with Gasteiger partial charge in [0.15, 0.2) is 6.29 Å². The third kappa shape index (κ3) is 7.24. The molecule has 1 aromatic carbocycles. The molecule has 11 heteroatoms. The number of carbonyl (C=O) groups excluding carboxylic acids is 1. The van der Waals surface area contributed by atoms with E-state index in [-0.39, 0.29) is 18.9 Å². The highest BCUT2D eigenvalue weighted by Crippen LogP contribution is 2.34. The van der Waals surface area contributed by atoms with Crippen LogP contribution in [0.25, 0.3) is 10.2 Å². The van der Waals surface area contributed by atoms with Crippen molar-refractivity contribution >= 4 is 43.5 Å². The lowest BCUT2D eigenvalue weighted by atomic mass is 10.0. The lowest BCUT2D eigenvalue weighted by molar-refractivity contribution is -0.183. The molecule has 0 bridgehead atoms. The van der Waals surface area contributed by atoms with Gasteiger partial charge in [-0.25, -0.2) is 14.2 Å². The molecule has 4 rings (SSSR count). The first kappa shape index (κ1) is 32.6. The maximum Gasteiger partial charge on any atom is 0.333 e. The van der Waals surface area contributed by atoms with Crippen molar-refractivity contribution in [2.24, 2.45) is 0 Å². The second kappa shape index (κ2) is 13.1. The molecule has 1 aliphatic rings. The minimum Gasteiger partial charge on any atom is -0.458 e. The SMILES string of the molecule is Cc1c(Br)sc2c1c(=O)n(C(C)(C)C(=O)OC(C)(C)C)c(=O)n2C[C@H](O[C@@H](C)COC1CCCCO1)c1ccccc1. The Morgan fingerprint density at radius 3 is 2.45 bits per heavy atom. The first-order chi connectivity index (χ1) is 19.7. The van der Waals surface area contributed by atoms with E-state index in [1.165, 1.54) is 25.2 Å². The lowest BCUT2D eigenvalue weighted by Crippen LogP contribution is -2.54. The normalized spacial score (nSPS) is 17.8. The largest absolute Gasteiger partial charge is 0.458 e. The summed E-state index contributed by atoms with van der Waals surface area (Å²) < 4.78 is 27.1. The van der Waals surface area contributed by atoms with Crippen LogP contribution in [-0.2, 0) is 35.8 Å². The Balaban J connectivity index is 1.77. The van der Waals surface area contributed by atoms with Gasteiger partial charge in [0.05, 0.1) is 28.4 Å². The first-order valence-corrected chi connectivity index (χ1v) is 15.9. The van der Waals surface area contributed by atoms with Gasteiger partial charge in [-0.2, -0.15) is 0 Å². The zero-order valence-corrected chi connectivity index (χ0v) is 27.8. The monoisotopic (exact) mass is 664 g/mol. The predicted molar refractivity (Wildman–Crippen MR) is 167 cm³/mol. The molecular formula is C31H41BrN2O7S. The van der Waals surface area contributed by atoms with Crippen LogP contribution < -0.4 is 11.2 Å². The number of aryl methyl sites for hydroxylation is 1. The van der Waals surface area contributed by atoms with Crippen molar-refractivity contribution < 1.29 is 23.7 Å². The van der Waals surface area contributed by atoms with Crippen LogP contribution in [0, 0.1) is 6.92 Å². The van der Waals surface area contributed by atoms with Crippen LogP contribution in [0.3, 0.4) is 0 Å². The molecule has 0 spiro atoms. The molecule has 9 nitrogen and oxygen atoms in total. The number of fused-ring (bicyclic) bond motifs is 1. The lowest BCUT2D eigenvalue weighted by Gasteiger charge is -2.30. The van der Waals surface area contributed by atoms with Crippen molar-refractivity contribution in [3.8, 4) is 0 Å². The quantitative estimate of drug-likeness (QED) is 0.243. The fourth-order valence-electron chi connectivity index (χ4n) is 4.93. The van der Waals surface area contributed by atoms with Crippen LogP contribution in [0.15, 0.2) is 43.7 Å². The number of hydrogen-bond donors (Lipinski definition) is 0. The number of thiophene rings is 1. The molecule has 1 aliphatic heterocycles. The van der Waals surface area contributed by atoms with Crippen molar-refractivity contribution in [1.29, 1.82) is 0 Å². The molecule has 3 heterocycles. The smallest absolute Gasteiger partial charge is 0.333 e. The zero-order valence-electron chi connectivity index (χ0n) is 25.4. The Labute approximate surface area is 258 Å². The van der Waals surface area contributed by atoms with Crippen LogP contribution in [0.1, 0.15) is 78.0 Å². The molecule has 42 heavy (non-hydrogen) atoms. The number of hydrogen-bond acceptors (Lipinski definition) is 8. The van der Waals surface area contributed by atoms with Crippen molar-refractivity contribution in [1.82, 2.24) is 9.13 Å². The van der Waals surface area contributed by atoms with Gasteiger partial charge in [0, 0.05) is 6.61 Å². The number of rotatable bonds is 10. The highest BCUT2D eigenvalue weighted by atomic mass is 79.9. The van der Waals surface area contributed by atoms with E-state index in [1.54, 1.807) is 25.3 Å². The van der Waals surface area contributed by atoms with E-state index in [0.29, 0.717) is 29.0 Å². The molecule has 0 N–H and O–H groups in total. The van der Waals surface area contributed by atoms with Gasteiger partial charge in [-0.05, 0) is 94.8 Å². The molecule has 2 aromatic heterocycles. The van der Waals surface area contributed by atoms with E-state index in [4.69, 9.17) is 18.9 Å². The fourth-order valence-corrected chi connectivity index (χ4v) is 6.62. The Morgan fingerprint density at radius 1 is 1.14 bits per heavy atom. The van der Waals surface area contributed by atoms with Crippen molar-refractivity contribution in [3.05, 3.63) is 66.1 Å². The Hall–Kier alpha value is -2.31. The summed E-state index contributed by atoms with van der Waals surface area (Å²) in [5.41, 5.74) is -1.93. The summed E-state index contributed by atoms with van der Waals surface area (Å²) in [5, 5.41) is 0.376. The van der Waals surface area contributed by atoms with E-state index < -0.39 is 34.5 Å². The van der Waals surface area contributed by atoms with Crippen molar-refractivity contribution in [2.75, 3.05) is 13.2 Å². The van der Waals surface area contributed by atoms with Crippen molar-refractivity contribution in [3.63, 3.8) is 0 Å². The van der Waals surface area contributed by atoms with Crippen LogP contribution >= 0.6 is 27.3 Å². The molecule has 0 radical (unpaired) electrons. The van der Waals surface area contributed by atoms with E-state index in [2.05, 4.69) is 15.9 Å². The van der Waals surface area contributed by atoms with Gasteiger partial charge >= 0.3 is 11.7 Å². The topological polar surface area (TPSA) is 98.0 Å². The van der Waals surface area contributed by atoms with Crippen LogP contribution in [0.5, 0.6) is 0 Å². The van der Waals surface area contributed by atoms with Gasteiger partial charge in [-0.3, -0.25) is 9.36 Å². The summed E-state index contributed by atoms with van der Waals surface area (Å²) in [5.74, 6) is -0.668. The molecule has 0 amide bonds. The zero-order chi connectivity index (χ0) is 30.8. The molecule has 0 saturated carbocycles. The second-order valence-electron chi connectivity index (χ2n) is 12.3. The first-order valence-electron chi connectivity index (χ1n) is 14.3. The average molecular weight is 666 g/mol.